The molecule has 1 heterocycles. The molecular weight excluding hydrogens is 328 g/mol. The van der Waals surface area contributed by atoms with E-state index in [1.807, 2.05) is 36.2 Å². The van der Waals surface area contributed by atoms with Crippen molar-refractivity contribution >= 4 is 34.2 Å². The van der Waals surface area contributed by atoms with Gasteiger partial charge in [0.05, 0.1) is 0 Å². The second-order valence-electron chi connectivity index (χ2n) is 4.87. The van der Waals surface area contributed by atoms with Gasteiger partial charge in [0.25, 0.3) is 0 Å². The monoisotopic (exact) mass is 346 g/mol. The van der Waals surface area contributed by atoms with Gasteiger partial charge in [0.2, 0.25) is 5.91 Å². The van der Waals surface area contributed by atoms with Gasteiger partial charge in [0, 0.05) is 30.5 Å². The number of rotatable bonds is 4. The number of benzene rings is 1. The highest BCUT2D eigenvalue weighted by molar-refractivity contribution is 9.10. The maximum atomic E-state index is 12.0. The van der Waals surface area contributed by atoms with Gasteiger partial charge in [0.1, 0.15) is 0 Å². The maximum absolute atomic E-state index is 12.0. The van der Waals surface area contributed by atoms with E-state index >= 15 is 0 Å². The van der Waals surface area contributed by atoms with Crippen molar-refractivity contribution < 1.29 is 4.79 Å². The minimum atomic E-state index is 0. The van der Waals surface area contributed by atoms with Crippen LogP contribution in [-0.2, 0) is 11.3 Å². The first-order chi connectivity index (χ1) is 8.65. The van der Waals surface area contributed by atoms with E-state index in [2.05, 4.69) is 21.2 Å². The van der Waals surface area contributed by atoms with Crippen molar-refractivity contribution in [1.82, 2.24) is 10.2 Å². The van der Waals surface area contributed by atoms with Gasteiger partial charge in [-0.25, -0.2) is 0 Å². The predicted octanol–water partition coefficient (Wildman–Crippen LogP) is 2.97. The van der Waals surface area contributed by atoms with Crippen LogP contribution in [0.5, 0.6) is 0 Å². The number of halogens is 2. The van der Waals surface area contributed by atoms with Gasteiger partial charge in [-0.05, 0) is 37.1 Å². The number of amides is 1. The third-order valence-electron chi connectivity index (χ3n) is 3.34. The minimum Gasteiger partial charge on any atom is -0.341 e. The number of nitrogens with zero attached hydrogens (tertiary/aromatic N) is 1. The van der Waals surface area contributed by atoms with Crippen molar-refractivity contribution in [2.45, 2.75) is 31.8 Å². The van der Waals surface area contributed by atoms with Gasteiger partial charge in [-0.15, -0.1) is 12.4 Å². The van der Waals surface area contributed by atoms with Crippen LogP contribution >= 0.6 is 28.3 Å². The molecule has 1 saturated heterocycles. The largest absolute Gasteiger partial charge is 0.341 e. The van der Waals surface area contributed by atoms with Crippen molar-refractivity contribution in [1.29, 1.82) is 0 Å². The van der Waals surface area contributed by atoms with Gasteiger partial charge in [-0.3, -0.25) is 4.79 Å². The molecular formula is C14H20BrClN2O. The second-order valence-corrected chi connectivity index (χ2v) is 5.79. The Kier molecular flexibility index (Phi) is 6.83. The Hall–Kier alpha value is -0.580. The van der Waals surface area contributed by atoms with Crippen LogP contribution < -0.4 is 5.32 Å². The summed E-state index contributed by atoms with van der Waals surface area (Å²) in [5.41, 5.74) is 1.16. The van der Waals surface area contributed by atoms with Gasteiger partial charge in [-0.1, -0.05) is 28.1 Å². The molecule has 1 aromatic rings. The molecule has 0 aromatic heterocycles. The SMILES string of the molecule is CN(Cc1ccc(Br)cc1)C(=O)CC1CCCN1.Cl. The zero-order valence-electron chi connectivity index (χ0n) is 11.1. The lowest BCUT2D eigenvalue weighted by molar-refractivity contribution is -0.130. The Morgan fingerprint density at radius 2 is 2.11 bits per heavy atom. The van der Waals surface area contributed by atoms with E-state index in [0.29, 0.717) is 19.0 Å². The van der Waals surface area contributed by atoms with Crippen LogP contribution in [0.2, 0.25) is 0 Å². The molecule has 106 valence electrons. The van der Waals surface area contributed by atoms with Gasteiger partial charge in [0.15, 0.2) is 0 Å². The molecule has 19 heavy (non-hydrogen) atoms. The van der Waals surface area contributed by atoms with Crippen LogP contribution in [0.3, 0.4) is 0 Å². The highest BCUT2D eigenvalue weighted by Crippen LogP contribution is 2.14. The normalized spacial score (nSPS) is 17.9. The molecule has 3 nitrogen and oxygen atoms in total. The minimum absolute atomic E-state index is 0. The summed E-state index contributed by atoms with van der Waals surface area (Å²) < 4.78 is 1.07. The zero-order chi connectivity index (χ0) is 13.0. The highest BCUT2D eigenvalue weighted by atomic mass is 79.9. The summed E-state index contributed by atoms with van der Waals surface area (Å²) >= 11 is 3.41. The molecule has 0 bridgehead atoms. The summed E-state index contributed by atoms with van der Waals surface area (Å²) in [4.78, 5) is 13.9. The standard InChI is InChI=1S/C14H19BrN2O.ClH/c1-17(10-11-4-6-12(15)7-5-11)14(18)9-13-3-2-8-16-13;/h4-7,13,16H,2-3,8-10H2,1H3;1H. The summed E-state index contributed by atoms with van der Waals surface area (Å²) in [6.07, 6.45) is 2.93. The molecule has 1 unspecified atom stereocenters. The van der Waals surface area contributed by atoms with E-state index in [-0.39, 0.29) is 18.3 Å². The Labute approximate surface area is 129 Å². The first kappa shape index (κ1) is 16.5. The van der Waals surface area contributed by atoms with Crippen LogP contribution in [0.4, 0.5) is 0 Å². The van der Waals surface area contributed by atoms with E-state index in [1.165, 1.54) is 6.42 Å². The van der Waals surface area contributed by atoms with E-state index in [4.69, 9.17) is 0 Å². The first-order valence-corrected chi connectivity index (χ1v) is 7.16. The van der Waals surface area contributed by atoms with Crippen LogP contribution in [-0.4, -0.2) is 30.4 Å². The Bertz CT molecular complexity index is 404. The molecule has 1 aliphatic heterocycles. The molecule has 1 amide bonds. The molecule has 2 rings (SSSR count). The molecule has 1 aromatic carbocycles. The zero-order valence-corrected chi connectivity index (χ0v) is 13.5. The quantitative estimate of drug-likeness (QED) is 0.908. The van der Waals surface area contributed by atoms with E-state index in [9.17, 15) is 4.79 Å². The summed E-state index contributed by atoms with van der Waals surface area (Å²) in [5.74, 6) is 0.220. The molecule has 1 atom stereocenters. The van der Waals surface area contributed by atoms with Crippen molar-refractivity contribution in [3.8, 4) is 0 Å². The fourth-order valence-corrected chi connectivity index (χ4v) is 2.51. The maximum Gasteiger partial charge on any atom is 0.224 e. The average Bonchev–Trinajstić information content (AvgIpc) is 2.85. The topological polar surface area (TPSA) is 32.3 Å². The van der Waals surface area contributed by atoms with Crippen molar-refractivity contribution in [2.24, 2.45) is 0 Å². The summed E-state index contributed by atoms with van der Waals surface area (Å²) in [5, 5.41) is 3.36. The second kappa shape index (κ2) is 7.88. The molecule has 0 aliphatic carbocycles. The number of carbonyl (C=O) groups excluding carboxylic acids is 1. The van der Waals surface area contributed by atoms with E-state index in [1.54, 1.807) is 0 Å². The number of hydrogen-bond acceptors (Lipinski definition) is 2. The lowest BCUT2D eigenvalue weighted by Gasteiger charge is -2.19. The van der Waals surface area contributed by atoms with E-state index < -0.39 is 0 Å². The number of nitrogens with one attached hydrogen (secondary N) is 1. The molecule has 0 spiro atoms. The predicted molar refractivity (Wildman–Crippen MR) is 83.5 cm³/mol. The van der Waals surface area contributed by atoms with Gasteiger partial charge >= 0.3 is 0 Å². The average molecular weight is 348 g/mol. The Morgan fingerprint density at radius 1 is 1.42 bits per heavy atom. The first-order valence-electron chi connectivity index (χ1n) is 6.37. The van der Waals surface area contributed by atoms with Crippen LogP contribution in [0.15, 0.2) is 28.7 Å². The fourth-order valence-electron chi connectivity index (χ4n) is 2.25. The summed E-state index contributed by atoms with van der Waals surface area (Å²) in [6, 6.07) is 8.48. The third kappa shape index (κ3) is 5.13. The lowest BCUT2D eigenvalue weighted by atomic mass is 10.1. The lowest BCUT2D eigenvalue weighted by Crippen LogP contribution is -2.33. The molecule has 0 saturated carbocycles. The van der Waals surface area contributed by atoms with Crippen molar-refractivity contribution in [3.63, 3.8) is 0 Å². The van der Waals surface area contributed by atoms with Crippen molar-refractivity contribution in [2.75, 3.05) is 13.6 Å². The smallest absolute Gasteiger partial charge is 0.224 e. The molecule has 5 heteroatoms. The number of hydrogen-bond donors (Lipinski definition) is 1. The highest BCUT2D eigenvalue weighted by Gasteiger charge is 2.19. The van der Waals surface area contributed by atoms with Crippen molar-refractivity contribution in [3.05, 3.63) is 34.3 Å². The van der Waals surface area contributed by atoms with Crippen LogP contribution in [0, 0.1) is 0 Å². The summed E-state index contributed by atoms with van der Waals surface area (Å²) in [6.45, 7) is 1.73. The van der Waals surface area contributed by atoms with Gasteiger partial charge < -0.3 is 10.2 Å². The fraction of sp³-hybridized carbons (Fsp3) is 0.500. The molecule has 1 fully saturated rings. The Balaban J connectivity index is 0.00000180. The van der Waals surface area contributed by atoms with Crippen LogP contribution in [0.25, 0.3) is 0 Å². The van der Waals surface area contributed by atoms with Crippen LogP contribution in [0.1, 0.15) is 24.8 Å². The number of carbonyl (C=O) groups is 1. The molecule has 1 N–H and O–H groups in total. The van der Waals surface area contributed by atoms with Gasteiger partial charge in [-0.2, -0.15) is 0 Å². The third-order valence-corrected chi connectivity index (χ3v) is 3.87. The Morgan fingerprint density at radius 3 is 2.68 bits per heavy atom. The van der Waals surface area contributed by atoms with E-state index in [0.717, 1.165) is 23.0 Å². The molecule has 0 radical (unpaired) electrons. The summed E-state index contributed by atoms with van der Waals surface area (Å²) in [7, 11) is 1.87. The molecule has 1 aliphatic rings.